The Bertz CT molecular complexity index is 689. The Morgan fingerprint density at radius 3 is 2.38 bits per heavy atom. The van der Waals surface area contributed by atoms with Crippen LogP contribution in [0.3, 0.4) is 0 Å². The van der Waals surface area contributed by atoms with Gasteiger partial charge in [-0.3, -0.25) is 4.79 Å². The van der Waals surface area contributed by atoms with Crippen molar-refractivity contribution in [3.8, 4) is 5.75 Å². The zero-order valence-electron chi connectivity index (χ0n) is 14.5. The molecule has 4 nitrogen and oxygen atoms in total. The van der Waals surface area contributed by atoms with Gasteiger partial charge in [0.05, 0.1) is 7.11 Å². The summed E-state index contributed by atoms with van der Waals surface area (Å²) in [5, 5.41) is 2.87. The lowest BCUT2D eigenvalue weighted by Gasteiger charge is -2.21. The second-order valence-corrected chi connectivity index (χ2v) is 5.28. The highest BCUT2D eigenvalue weighted by atomic mass is 16.5. The van der Waals surface area contributed by atoms with Crippen molar-refractivity contribution in [2.24, 2.45) is 0 Å². The van der Waals surface area contributed by atoms with Gasteiger partial charge in [0.1, 0.15) is 5.75 Å². The Hall–Kier alpha value is -2.75. The van der Waals surface area contributed by atoms with Crippen LogP contribution in [0.25, 0.3) is 6.08 Å². The molecular formula is C20H24N2O2. The van der Waals surface area contributed by atoms with E-state index in [4.69, 9.17) is 4.74 Å². The van der Waals surface area contributed by atoms with Gasteiger partial charge in [-0.25, -0.2) is 0 Å². The van der Waals surface area contributed by atoms with Crippen LogP contribution < -0.4 is 15.0 Å². The second kappa shape index (κ2) is 8.77. The number of ether oxygens (including phenoxy) is 1. The third-order valence-electron chi connectivity index (χ3n) is 3.82. The van der Waals surface area contributed by atoms with Crippen LogP contribution in [0, 0.1) is 0 Å². The van der Waals surface area contributed by atoms with Gasteiger partial charge in [-0.1, -0.05) is 18.2 Å². The zero-order chi connectivity index (χ0) is 17.4. The van der Waals surface area contributed by atoms with Crippen LogP contribution in [0.15, 0.2) is 54.6 Å². The van der Waals surface area contributed by atoms with E-state index in [2.05, 4.69) is 24.1 Å². The molecule has 0 spiro atoms. The van der Waals surface area contributed by atoms with Crippen molar-refractivity contribution in [3.05, 3.63) is 60.2 Å². The molecule has 2 aromatic carbocycles. The molecule has 0 aromatic heterocycles. The minimum atomic E-state index is -0.170. The van der Waals surface area contributed by atoms with E-state index in [-0.39, 0.29) is 5.91 Å². The van der Waals surface area contributed by atoms with Gasteiger partial charge in [-0.2, -0.15) is 0 Å². The van der Waals surface area contributed by atoms with E-state index >= 15 is 0 Å². The van der Waals surface area contributed by atoms with Crippen molar-refractivity contribution >= 4 is 23.4 Å². The summed E-state index contributed by atoms with van der Waals surface area (Å²) in [7, 11) is 1.62. The van der Waals surface area contributed by atoms with Gasteiger partial charge in [-0.15, -0.1) is 0 Å². The minimum absolute atomic E-state index is 0.170. The largest absolute Gasteiger partial charge is 0.496 e. The number of hydrogen-bond donors (Lipinski definition) is 1. The molecule has 126 valence electrons. The molecule has 2 rings (SSSR count). The summed E-state index contributed by atoms with van der Waals surface area (Å²) in [6, 6.07) is 15.5. The summed E-state index contributed by atoms with van der Waals surface area (Å²) < 4.78 is 5.27. The highest BCUT2D eigenvalue weighted by Crippen LogP contribution is 2.19. The number of hydrogen-bond acceptors (Lipinski definition) is 3. The SMILES string of the molecule is CCN(CC)c1ccc(NC(=O)C=Cc2ccccc2OC)cc1. The first-order valence-corrected chi connectivity index (χ1v) is 8.15. The molecular weight excluding hydrogens is 300 g/mol. The van der Waals surface area contributed by atoms with Crippen molar-refractivity contribution < 1.29 is 9.53 Å². The zero-order valence-corrected chi connectivity index (χ0v) is 14.5. The molecule has 0 aliphatic heterocycles. The Morgan fingerprint density at radius 2 is 1.75 bits per heavy atom. The Kier molecular flexibility index (Phi) is 6.43. The number of nitrogens with zero attached hydrogens (tertiary/aromatic N) is 1. The van der Waals surface area contributed by atoms with Crippen LogP contribution in [0.4, 0.5) is 11.4 Å². The lowest BCUT2D eigenvalue weighted by atomic mass is 10.2. The number of nitrogens with one attached hydrogen (secondary N) is 1. The number of carbonyl (C=O) groups is 1. The van der Waals surface area contributed by atoms with Crippen molar-refractivity contribution in [3.63, 3.8) is 0 Å². The van der Waals surface area contributed by atoms with E-state index in [1.54, 1.807) is 13.2 Å². The maximum atomic E-state index is 12.1. The first kappa shape index (κ1) is 17.6. The fourth-order valence-corrected chi connectivity index (χ4v) is 2.50. The average Bonchev–Trinajstić information content (AvgIpc) is 2.62. The van der Waals surface area contributed by atoms with Gasteiger partial charge in [-0.05, 0) is 50.3 Å². The standard InChI is InChI=1S/C20H24N2O2/c1-4-22(5-2)18-13-11-17(12-14-18)21-20(23)15-10-16-8-6-7-9-19(16)24-3/h6-15H,4-5H2,1-3H3,(H,21,23). The Balaban J connectivity index is 2.00. The van der Waals surface area contributed by atoms with Gasteiger partial charge >= 0.3 is 0 Å². The molecule has 0 atom stereocenters. The maximum absolute atomic E-state index is 12.1. The molecule has 0 fully saturated rings. The number of para-hydroxylation sites is 1. The van der Waals surface area contributed by atoms with Crippen LogP contribution in [-0.4, -0.2) is 26.1 Å². The van der Waals surface area contributed by atoms with E-state index in [9.17, 15) is 4.79 Å². The number of rotatable bonds is 7. The summed E-state index contributed by atoms with van der Waals surface area (Å²) in [5.41, 5.74) is 2.80. The highest BCUT2D eigenvalue weighted by Gasteiger charge is 2.03. The third-order valence-corrected chi connectivity index (χ3v) is 3.82. The fraction of sp³-hybridized carbons (Fsp3) is 0.250. The third kappa shape index (κ3) is 4.62. The molecule has 0 saturated heterocycles. The summed E-state index contributed by atoms with van der Waals surface area (Å²) in [5.74, 6) is 0.571. The smallest absolute Gasteiger partial charge is 0.248 e. The minimum Gasteiger partial charge on any atom is -0.496 e. The Morgan fingerprint density at radius 1 is 1.08 bits per heavy atom. The molecule has 0 aliphatic rings. The van der Waals surface area contributed by atoms with Gasteiger partial charge in [0.15, 0.2) is 0 Å². The van der Waals surface area contributed by atoms with Crippen LogP contribution in [0.5, 0.6) is 5.75 Å². The molecule has 0 saturated carbocycles. The average molecular weight is 324 g/mol. The van der Waals surface area contributed by atoms with E-state index < -0.39 is 0 Å². The predicted molar refractivity (Wildman–Crippen MR) is 101 cm³/mol. The van der Waals surface area contributed by atoms with Crippen LogP contribution in [0.1, 0.15) is 19.4 Å². The molecule has 0 unspecified atom stereocenters. The lowest BCUT2D eigenvalue weighted by molar-refractivity contribution is -0.111. The van der Waals surface area contributed by atoms with E-state index in [0.717, 1.165) is 35.8 Å². The molecule has 1 N–H and O–H groups in total. The molecule has 0 bridgehead atoms. The van der Waals surface area contributed by atoms with Gasteiger partial charge in [0.25, 0.3) is 0 Å². The van der Waals surface area contributed by atoms with E-state index in [1.807, 2.05) is 48.5 Å². The number of anilines is 2. The summed E-state index contributed by atoms with van der Waals surface area (Å²) in [6.07, 6.45) is 3.26. The number of benzene rings is 2. The number of methoxy groups -OCH3 is 1. The number of amides is 1. The van der Waals surface area contributed by atoms with Gasteiger partial charge in [0, 0.05) is 36.1 Å². The van der Waals surface area contributed by atoms with Crippen LogP contribution >= 0.6 is 0 Å². The highest BCUT2D eigenvalue weighted by molar-refractivity contribution is 6.02. The molecule has 0 aliphatic carbocycles. The topological polar surface area (TPSA) is 41.6 Å². The fourth-order valence-electron chi connectivity index (χ4n) is 2.50. The first-order valence-electron chi connectivity index (χ1n) is 8.15. The first-order chi connectivity index (χ1) is 11.7. The van der Waals surface area contributed by atoms with Crippen molar-refractivity contribution in [1.82, 2.24) is 0 Å². The molecule has 0 radical (unpaired) electrons. The summed E-state index contributed by atoms with van der Waals surface area (Å²) in [4.78, 5) is 14.3. The van der Waals surface area contributed by atoms with Crippen molar-refractivity contribution in [2.75, 3.05) is 30.4 Å². The number of carbonyl (C=O) groups excluding carboxylic acids is 1. The normalized spacial score (nSPS) is 10.6. The van der Waals surface area contributed by atoms with E-state index in [0.29, 0.717) is 0 Å². The monoisotopic (exact) mass is 324 g/mol. The van der Waals surface area contributed by atoms with E-state index in [1.165, 1.54) is 6.08 Å². The molecule has 4 heteroatoms. The van der Waals surface area contributed by atoms with Crippen LogP contribution in [0.2, 0.25) is 0 Å². The van der Waals surface area contributed by atoms with Crippen molar-refractivity contribution in [2.45, 2.75) is 13.8 Å². The van der Waals surface area contributed by atoms with Crippen LogP contribution in [-0.2, 0) is 4.79 Å². The van der Waals surface area contributed by atoms with Gasteiger partial charge in [0.2, 0.25) is 5.91 Å². The molecule has 1 amide bonds. The lowest BCUT2D eigenvalue weighted by Crippen LogP contribution is -2.21. The molecule has 24 heavy (non-hydrogen) atoms. The second-order valence-electron chi connectivity index (χ2n) is 5.28. The predicted octanol–water partition coefficient (Wildman–Crippen LogP) is 4.19. The quantitative estimate of drug-likeness (QED) is 0.776. The molecule has 0 heterocycles. The maximum Gasteiger partial charge on any atom is 0.248 e. The van der Waals surface area contributed by atoms with Crippen molar-refractivity contribution in [1.29, 1.82) is 0 Å². The Labute approximate surface area is 143 Å². The van der Waals surface area contributed by atoms with Gasteiger partial charge < -0.3 is 15.0 Å². The summed E-state index contributed by atoms with van der Waals surface area (Å²) in [6.45, 7) is 6.18. The molecule has 2 aromatic rings. The summed E-state index contributed by atoms with van der Waals surface area (Å²) >= 11 is 0.